The van der Waals surface area contributed by atoms with Crippen LogP contribution in [-0.4, -0.2) is 12.2 Å². The summed E-state index contributed by atoms with van der Waals surface area (Å²) < 4.78 is 24.5. The van der Waals surface area contributed by atoms with Gasteiger partial charge in [-0.05, 0) is 27.2 Å². The van der Waals surface area contributed by atoms with E-state index in [0.717, 1.165) is 6.42 Å². The van der Waals surface area contributed by atoms with Crippen molar-refractivity contribution in [1.29, 1.82) is 0 Å². The van der Waals surface area contributed by atoms with Gasteiger partial charge in [0.1, 0.15) is 5.75 Å². The molecule has 0 aliphatic heterocycles. The van der Waals surface area contributed by atoms with E-state index in [1.807, 2.05) is 27.7 Å². The number of ether oxygens (including phenoxy) is 2. The van der Waals surface area contributed by atoms with Gasteiger partial charge in [0, 0.05) is 12.1 Å². The Hall–Kier alpha value is -1.45. The van der Waals surface area contributed by atoms with Crippen LogP contribution in [0, 0.1) is 5.82 Å². The van der Waals surface area contributed by atoms with Crippen molar-refractivity contribution in [3.05, 3.63) is 17.9 Å². The fourth-order valence-electron chi connectivity index (χ4n) is 1.30. The Morgan fingerprint density at radius 3 is 2.35 bits per heavy atom. The fraction of sp³-hybridized carbons (Fsp3) is 0.538. The minimum Gasteiger partial charge on any atom is -0.488 e. The second kappa shape index (κ2) is 5.75. The topological polar surface area (TPSA) is 44.5 Å². The predicted molar refractivity (Wildman–Crippen MR) is 67.0 cm³/mol. The van der Waals surface area contributed by atoms with Gasteiger partial charge >= 0.3 is 0 Å². The van der Waals surface area contributed by atoms with Crippen LogP contribution in [0.2, 0.25) is 0 Å². The molecule has 2 N–H and O–H groups in total. The summed E-state index contributed by atoms with van der Waals surface area (Å²) in [5, 5.41) is 0. The van der Waals surface area contributed by atoms with Crippen LogP contribution >= 0.6 is 0 Å². The summed E-state index contributed by atoms with van der Waals surface area (Å²) in [6.45, 7) is 7.62. The highest BCUT2D eigenvalue weighted by Gasteiger charge is 2.13. The molecule has 0 saturated carbocycles. The van der Waals surface area contributed by atoms with Crippen LogP contribution < -0.4 is 15.2 Å². The largest absolute Gasteiger partial charge is 0.488 e. The van der Waals surface area contributed by atoms with Gasteiger partial charge < -0.3 is 15.2 Å². The Kier molecular flexibility index (Phi) is 4.61. The van der Waals surface area contributed by atoms with E-state index < -0.39 is 5.82 Å². The molecule has 0 aliphatic carbocycles. The Morgan fingerprint density at radius 1 is 1.18 bits per heavy atom. The molecule has 96 valence electrons. The lowest BCUT2D eigenvalue weighted by atomic mass is 10.2. The molecular weight excluding hydrogens is 221 g/mol. The van der Waals surface area contributed by atoms with Crippen molar-refractivity contribution in [3.8, 4) is 11.5 Å². The van der Waals surface area contributed by atoms with Crippen molar-refractivity contribution in [3.63, 3.8) is 0 Å². The van der Waals surface area contributed by atoms with Gasteiger partial charge in [0.2, 0.25) is 0 Å². The summed E-state index contributed by atoms with van der Waals surface area (Å²) in [4.78, 5) is 0. The normalized spacial score (nSPS) is 12.6. The summed E-state index contributed by atoms with van der Waals surface area (Å²) in [6, 6.07) is 2.74. The van der Waals surface area contributed by atoms with E-state index in [1.54, 1.807) is 0 Å². The lowest BCUT2D eigenvalue weighted by molar-refractivity contribution is 0.210. The molecule has 1 rings (SSSR count). The van der Waals surface area contributed by atoms with E-state index >= 15 is 0 Å². The molecule has 1 unspecified atom stereocenters. The van der Waals surface area contributed by atoms with Gasteiger partial charge in [0.05, 0.1) is 17.9 Å². The van der Waals surface area contributed by atoms with E-state index in [0.29, 0.717) is 11.4 Å². The maximum atomic E-state index is 13.5. The summed E-state index contributed by atoms with van der Waals surface area (Å²) in [6.07, 6.45) is 0.802. The number of benzene rings is 1. The molecule has 0 aromatic heterocycles. The van der Waals surface area contributed by atoms with E-state index in [2.05, 4.69) is 0 Å². The van der Waals surface area contributed by atoms with Gasteiger partial charge in [-0.15, -0.1) is 0 Å². The molecule has 0 amide bonds. The Labute approximate surface area is 102 Å². The highest BCUT2D eigenvalue weighted by Crippen LogP contribution is 2.31. The molecule has 4 heteroatoms. The maximum Gasteiger partial charge on any atom is 0.167 e. The third kappa shape index (κ3) is 3.80. The predicted octanol–water partition coefficient (Wildman–Crippen LogP) is 3.37. The molecule has 0 fully saturated rings. The minimum atomic E-state index is -0.465. The standard InChI is InChI=1S/C13H20FNO2/c1-5-9(4)17-13-7-12(16-8(2)3)10(14)6-11(13)15/h6-9H,5,15H2,1-4H3. The molecule has 1 aromatic rings. The third-order valence-corrected chi connectivity index (χ3v) is 2.33. The molecule has 1 aromatic carbocycles. The first-order valence-electron chi connectivity index (χ1n) is 5.86. The summed E-state index contributed by atoms with van der Waals surface area (Å²) in [5.74, 6) is 0.177. The second-order valence-electron chi connectivity index (χ2n) is 4.32. The Balaban J connectivity index is 2.97. The molecule has 3 nitrogen and oxygen atoms in total. The van der Waals surface area contributed by atoms with E-state index in [1.165, 1.54) is 12.1 Å². The number of hydrogen-bond acceptors (Lipinski definition) is 3. The summed E-state index contributed by atoms with van der Waals surface area (Å²) in [5.41, 5.74) is 5.99. The van der Waals surface area contributed by atoms with Crippen LogP contribution in [-0.2, 0) is 0 Å². The molecule has 0 bridgehead atoms. The van der Waals surface area contributed by atoms with E-state index in [4.69, 9.17) is 15.2 Å². The molecule has 17 heavy (non-hydrogen) atoms. The van der Waals surface area contributed by atoms with Crippen LogP contribution in [0.1, 0.15) is 34.1 Å². The van der Waals surface area contributed by atoms with Gasteiger partial charge in [-0.1, -0.05) is 6.92 Å². The highest BCUT2D eigenvalue weighted by molar-refractivity contribution is 5.56. The zero-order valence-corrected chi connectivity index (χ0v) is 10.8. The van der Waals surface area contributed by atoms with Crippen molar-refractivity contribution in [2.24, 2.45) is 0 Å². The van der Waals surface area contributed by atoms with E-state index in [9.17, 15) is 4.39 Å². The summed E-state index contributed by atoms with van der Waals surface area (Å²) >= 11 is 0. The zero-order chi connectivity index (χ0) is 13.0. The molecule has 0 spiro atoms. The quantitative estimate of drug-likeness (QED) is 0.804. The number of nitrogen functional groups attached to an aromatic ring is 1. The SMILES string of the molecule is CCC(C)Oc1cc(OC(C)C)c(F)cc1N. The fourth-order valence-corrected chi connectivity index (χ4v) is 1.30. The third-order valence-electron chi connectivity index (χ3n) is 2.33. The molecule has 1 atom stereocenters. The first-order chi connectivity index (χ1) is 7.93. The Morgan fingerprint density at radius 2 is 1.82 bits per heavy atom. The number of halogens is 1. The van der Waals surface area contributed by atoms with Crippen LogP contribution in [0.3, 0.4) is 0 Å². The highest BCUT2D eigenvalue weighted by atomic mass is 19.1. The second-order valence-corrected chi connectivity index (χ2v) is 4.32. The number of hydrogen-bond donors (Lipinski definition) is 1. The average Bonchev–Trinajstić information content (AvgIpc) is 2.24. The van der Waals surface area contributed by atoms with Crippen LogP contribution in [0.15, 0.2) is 12.1 Å². The van der Waals surface area contributed by atoms with Crippen LogP contribution in [0.25, 0.3) is 0 Å². The number of anilines is 1. The van der Waals surface area contributed by atoms with Gasteiger partial charge in [0.15, 0.2) is 11.6 Å². The monoisotopic (exact) mass is 241 g/mol. The first kappa shape index (κ1) is 13.6. The van der Waals surface area contributed by atoms with Crippen molar-refractivity contribution in [2.75, 3.05) is 5.73 Å². The zero-order valence-electron chi connectivity index (χ0n) is 10.8. The molecular formula is C13H20FNO2. The van der Waals surface area contributed by atoms with Gasteiger partial charge in [-0.25, -0.2) is 4.39 Å². The van der Waals surface area contributed by atoms with Crippen molar-refractivity contribution in [2.45, 2.75) is 46.3 Å². The molecule has 0 heterocycles. The van der Waals surface area contributed by atoms with Gasteiger partial charge in [-0.3, -0.25) is 0 Å². The lowest BCUT2D eigenvalue weighted by Gasteiger charge is -2.17. The van der Waals surface area contributed by atoms with Crippen molar-refractivity contribution in [1.82, 2.24) is 0 Å². The number of rotatable bonds is 5. The maximum absolute atomic E-state index is 13.5. The summed E-state index contributed by atoms with van der Waals surface area (Å²) in [7, 11) is 0. The molecule has 0 aliphatic rings. The average molecular weight is 241 g/mol. The minimum absolute atomic E-state index is 0.0367. The number of nitrogens with two attached hydrogens (primary N) is 1. The van der Waals surface area contributed by atoms with Crippen molar-refractivity contribution >= 4 is 5.69 Å². The first-order valence-corrected chi connectivity index (χ1v) is 5.86. The molecule has 0 radical (unpaired) electrons. The van der Waals surface area contributed by atoms with Crippen LogP contribution in [0.4, 0.5) is 10.1 Å². The smallest absolute Gasteiger partial charge is 0.167 e. The van der Waals surface area contributed by atoms with Crippen molar-refractivity contribution < 1.29 is 13.9 Å². The lowest BCUT2D eigenvalue weighted by Crippen LogP contribution is -2.12. The van der Waals surface area contributed by atoms with E-state index in [-0.39, 0.29) is 18.0 Å². The van der Waals surface area contributed by atoms with Gasteiger partial charge in [-0.2, -0.15) is 0 Å². The van der Waals surface area contributed by atoms with Gasteiger partial charge in [0.25, 0.3) is 0 Å². The Bertz CT molecular complexity index is 380. The molecule has 0 saturated heterocycles. The van der Waals surface area contributed by atoms with Crippen LogP contribution in [0.5, 0.6) is 11.5 Å².